The number of fused-ring (bicyclic) bond motifs is 2. The van der Waals surface area contributed by atoms with Crippen molar-refractivity contribution in [3.05, 3.63) is 34.1 Å². The van der Waals surface area contributed by atoms with Crippen LogP contribution in [0.4, 0.5) is 0 Å². The Balaban J connectivity index is 2.15. The molecule has 0 N–H and O–H groups in total. The Morgan fingerprint density at radius 1 is 1.67 bits per heavy atom. The second-order valence-corrected chi connectivity index (χ2v) is 3.83. The molecule has 0 aromatic rings. The van der Waals surface area contributed by atoms with Gasteiger partial charge in [-0.15, -0.1) is 0 Å². The quantitative estimate of drug-likeness (QED) is 0.226. The maximum atomic E-state index is 10.7. The number of carbonyl (C=O) groups excluding carboxylic acids is 1. The average Bonchev–Trinajstić information content (AvgIpc) is 2.70. The van der Waals surface area contributed by atoms with Crippen LogP contribution in [0.25, 0.3) is 0 Å². The summed E-state index contributed by atoms with van der Waals surface area (Å²) < 4.78 is 4.77. The predicted molar refractivity (Wildman–Crippen MR) is 51.4 cm³/mol. The number of hydrogen-bond donors (Lipinski definition) is 0. The van der Waals surface area contributed by atoms with Gasteiger partial charge < -0.3 is 4.74 Å². The van der Waals surface area contributed by atoms with Crippen molar-refractivity contribution in [1.29, 1.82) is 0 Å². The van der Waals surface area contributed by atoms with E-state index in [4.69, 9.17) is 4.74 Å². The summed E-state index contributed by atoms with van der Waals surface area (Å²) in [4.78, 5) is 21.1. The molecule has 0 aromatic carbocycles. The summed E-state index contributed by atoms with van der Waals surface area (Å²) in [6.45, 7) is 1.31. The molecule has 0 amide bonds. The molecule has 0 radical (unpaired) electrons. The van der Waals surface area contributed by atoms with Crippen LogP contribution in [0.1, 0.15) is 13.3 Å². The number of hydrogen-bond acceptors (Lipinski definition) is 4. The molecule has 5 nitrogen and oxygen atoms in total. The molecule has 0 aliphatic heterocycles. The molecule has 1 saturated carbocycles. The minimum absolute atomic E-state index is 0.0738. The van der Waals surface area contributed by atoms with Gasteiger partial charge in [0.1, 0.15) is 0 Å². The van der Waals surface area contributed by atoms with Gasteiger partial charge in [-0.3, -0.25) is 14.9 Å². The number of esters is 1. The van der Waals surface area contributed by atoms with Crippen molar-refractivity contribution in [3.8, 4) is 0 Å². The van der Waals surface area contributed by atoms with E-state index in [1.54, 1.807) is 0 Å². The van der Waals surface area contributed by atoms with Crippen LogP contribution in [0.3, 0.4) is 0 Å². The van der Waals surface area contributed by atoms with E-state index in [1.807, 2.05) is 12.2 Å². The molecule has 0 spiro atoms. The van der Waals surface area contributed by atoms with Crippen molar-refractivity contribution in [3.63, 3.8) is 0 Å². The Morgan fingerprint density at radius 3 is 2.93 bits per heavy atom. The topological polar surface area (TPSA) is 69.4 Å². The first-order valence-electron chi connectivity index (χ1n) is 4.78. The molecule has 2 aliphatic carbocycles. The molecule has 0 heterocycles. The first kappa shape index (κ1) is 9.89. The van der Waals surface area contributed by atoms with Crippen LogP contribution in [-0.2, 0) is 9.53 Å². The van der Waals surface area contributed by atoms with Crippen LogP contribution in [0.5, 0.6) is 0 Å². The molecule has 15 heavy (non-hydrogen) atoms. The zero-order chi connectivity index (χ0) is 11.0. The second kappa shape index (κ2) is 3.49. The SMILES string of the molecule is CC(=O)OC=C1C2C=CC1C([N+](=O)[O-])C2. The highest BCUT2D eigenvalue weighted by molar-refractivity contribution is 5.66. The van der Waals surface area contributed by atoms with Gasteiger partial charge in [0, 0.05) is 24.2 Å². The summed E-state index contributed by atoms with van der Waals surface area (Å²) in [7, 11) is 0. The Labute approximate surface area is 86.6 Å². The summed E-state index contributed by atoms with van der Waals surface area (Å²) in [5, 5.41) is 10.7. The largest absolute Gasteiger partial charge is 0.435 e. The van der Waals surface area contributed by atoms with E-state index in [1.165, 1.54) is 13.2 Å². The van der Waals surface area contributed by atoms with Crippen LogP contribution in [0.2, 0.25) is 0 Å². The zero-order valence-electron chi connectivity index (χ0n) is 8.25. The van der Waals surface area contributed by atoms with Crippen molar-refractivity contribution in [1.82, 2.24) is 0 Å². The first-order chi connectivity index (χ1) is 7.09. The fourth-order valence-corrected chi connectivity index (χ4v) is 2.23. The molecule has 0 saturated heterocycles. The fraction of sp³-hybridized carbons (Fsp3) is 0.500. The van der Waals surface area contributed by atoms with Crippen molar-refractivity contribution in [2.45, 2.75) is 19.4 Å². The minimum Gasteiger partial charge on any atom is -0.435 e. The highest BCUT2D eigenvalue weighted by Crippen LogP contribution is 2.45. The van der Waals surface area contributed by atoms with Crippen LogP contribution >= 0.6 is 0 Å². The summed E-state index contributed by atoms with van der Waals surface area (Å²) in [6.07, 6.45) is 5.67. The van der Waals surface area contributed by atoms with E-state index < -0.39 is 12.0 Å². The third kappa shape index (κ3) is 1.65. The maximum absolute atomic E-state index is 10.7. The number of ether oxygens (including phenoxy) is 1. The third-order valence-electron chi connectivity index (χ3n) is 2.91. The van der Waals surface area contributed by atoms with Crippen LogP contribution in [0.15, 0.2) is 24.0 Å². The highest BCUT2D eigenvalue weighted by Gasteiger charge is 2.47. The summed E-state index contributed by atoms with van der Waals surface area (Å²) in [5.41, 5.74) is 0.854. The van der Waals surface area contributed by atoms with Crippen LogP contribution < -0.4 is 0 Å². The summed E-state index contributed by atoms with van der Waals surface area (Å²) in [5.74, 6) is -0.513. The first-order valence-corrected chi connectivity index (χ1v) is 4.78. The van der Waals surface area contributed by atoms with E-state index in [0.717, 1.165) is 5.57 Å². The highest BCUT2D eigenvalue weighted by atomic mass is 16.6. The predicted octanol–water partition coefficient (Wildman–Crippen LogP) is 1.28. The van der Waals surface area contributed by atoms with Gasteiger partial charge in [-0.2, -0.15) is 0 Å². The van der Waals surface area contributed by atoms with Gasteiger partial charge in [0.2, 0.25) is 6.04 Å². The van der Waals surface area contributed by atoms with Crippen molar-refractivity contribution in [2.24, 2.45) is 11.8 Å². The van der Waals surface area contributed by atoms with E-state index in [9.17, 15) is 14.9 Å². The molecule has 3 atom stereocenters. The lowest BCUT2D eigenvalue weighted by Gasteiger charge is -2.08. The molecule has 1 fully saturated rings. The second-order valence-electron chi connectivity index (χ2n) is 3.83. The zero-order valence-corrected chi connectivity index (χ0v) is 8.25. The number of allylic oxidation sites excluding steroid dienone is 1. The number of rotatable bonds is 2. The monoisotopic (exact) mass is 209 g/mol. The number of nitrogens with zero attached hydrogens (tertiary/aromatic N) is 1. The van der Waals surface area contributed by atoms with Gasteiger partial charge >= 0.3 is 5.97 Å². The van der Waals surface area contributed by atoms with Crippen molar-refractivity contribution >= 4 is 5.97 Å². The Kier molecular flexibility index (Phi) is 2.30. The molecule has 3 unspecified atom stereocenters. The van der Waals surface area contributed by atoms with Crippen LogP contribution in [0, 0.1) is 22.0 Å². The lowest BCUT2D eigenvalue weighted by atomic mass is 10.0. The normalized spacial score (nSPS) is 34.7. The lowest BCUT2D eigenvalue weighted by Crippen LogP contribution is -2.23. The molecule has 2 rings (SSSR count). The molecular weight excluding hydrogens is 198 g/mol. The number of nitro groups is 1. The molecule has 5 heteroatoms. The third-order valence-corrected chi connectivity index (χ3v) is 2.91. The van der Waals surface area contributed by atoms with E-state index in [-0.39, 0.29) is 16.8 Å². The molecule has 2 aliphatic rings. The maximum Gasteiger partial charge on any atom is 0.307 e. The van der Waals surface area contributed by atoms with Crippen molar-refractivity contribution < 1.29 is 14.5 Å². The standard InChI is InChI=1S/C10H11NO4/c1-6(12)15-5-9-7-2-3-8(9)10(4-7)11(13)14/h2-3,5,7-8,10H,4H2,1H3. The fourth-order valence-electron chi connectivity index (χ4n) is 2.23. The minimum atomic E-state index is -0.554. The van der Waals surface area contributed by atoms with Crippen LogP contribution in [-0.4, -0.2) is 16.9 Å². The Bertz CT molecular complexity index is 372. The summed E-state index contributed by atoms with van der Waals surface area (Å²) >= 11 is 0. The van der Waals surface area contributed by atoms with Gasteiger partial charge in [-0.1, -0.05) is 12.2 Å². The summed E-state index contributed by atoms with van der Waals surface area (Å²) in [6, 6.07) is -0.554. The molecule has 2 bridgehead atoms. The average molecular weight is 209 g/mol. The van der Waals surface area contributed by atoms with Gasteiger partial charge in [0.15, 0.2) is 0 Å². The van der Waals surface area contributed by atoms with E-state index >= 15 is 0 Å². The van der Waals surface area contributed by atoms with E-state index in [0.29, 0.717) is 6.42 Å². The number of carbonyl (C=O) groups is 1. The Morgan fingerprint density at radius 2 is 2.40 bits per heavy atom. The van der Waals surface area contributed by atoms with Gasteiger partial charge in [-0.25, -0.2) is 0 Å². The smallest absolute Gasteiger partial charge is 0.307 e. The van der Waals surface area contributed by atoms with Gasteiger partial charge in [0.05, 0.1) is 12.2 Å². The Hall–Kier alpha value is -1.65. The lowest BCUT2D eigenvalue weighted by molar-refractivity contribution is -0.526. The molecule has 0 aromatic heterocycles. The van der Waals surface area contributed by atoms with Gasteiger partial charge in [-0.05, 0) is 5.57 Å². The van der Waals surface area contributed by atoms with Gasteiger partial charge in [0.25, 0.3) is 0 Å². The molecular formula is C10H11NO4. The van der Waals surface area contributed by atoms with E-state index in [2.05, 4.69) is 0 Å². The molecule has 80 valence electrons. The van der Waals surface area contributed by atoms with Crippen molar-refractivity contribution in [2.75, 3.05) is 0 Å².